The molecule has 9 nitrogen and oxygen atoms in total. The third kappa shape index (κ3) is 3.88. The van der Waals surface area contributed by atoms with Crippen molar-refractivity contribution >= 4 is 29.9 Å². The lowest BCUT2D eigenvalue weighted by Crippen LogP contribution is -2.53. The van der Waals surface area contributed by atoms with E-state index in [-0.39, 0.29) is 23.4 Å². The van der Waals surface area contributed by atoms with E-state index in [0.717, 1.165) is 10.5 Å². The highest BCUT2D eigenvalue weighted by Crippen LogP contribution is 2.28. The van der Waals surface area contributed by atoms with Crippen LogP contribution in [0.5, 0.6) is 0 Å². The highest BCUT2D eigenvalue weighted by molar-refractivity contribution is 6.30. The largest absolute Gasteiger partial charge is 0.478 e. The van der Waals surface area contributed by atoms with Crippen LogP contribution in [0.2, 0.25) is 0 Å². The van der Waals surface area contributed by atoms with Gasteiger partial charge < -0.3 is 13.9 Å². The van der Waals surface area contributed by atoms with E-state index in [2.05, 4.69) is 5.32 Å². The van der Waals surface area contributed by atoms with Gasteiger partial charge in [-0.25, -0.2) is 9.59 Å². The molecule has 1 fully saturated rings. The lowest BCUT2D eigenvalue weighted by molar-refractivity contribution is -0.130. The predicted molar refractivity (Wildman–Crippen MR) is 107 cm³/mol. The van der Waals surface area contributed by atoms with Crippen LogP contribution >= 0.6 is 0 Å². The number of carboxylic acids is 1. The van der Waals surface area contributed by atoms with Crippen LogP contribution < -0.4 is 5.32 Å². The van der Waals surface area contributed by atoms with E-state index in [4.69, 9.17) is 8.83 Å². The molecule has 0 aliphatic carbocycles. The maximum atomic E-state index is 12.8. The molecule has 9 heteroatoms. The van der Waals surface area contributed by atoms with Gasteiger partial charge in [0.1, 0.15) is 22.9 Å². The average Bonchev–Trinajstić information content (AvgIpc) is 3.40. The van der Waals surface area contributed by atoms with Crippen LogP contribution in [0.15, 0.2) is 63.1 Å². The fourth-order valence-electron chi connectivity index (χ4n) is 3.13. The summed E-state index contributed by atoms with van der Waals surface area (Å²) < 4.78 is 10.9. The van der Waals surface area contributed by atoms with Gasteiger partial charge in [-0.2, -0.15) is 0 Å². The van der Waals surface area contributed by atoms with Crippen molar-refractivity contribution in [3.8, 4) is 11.3 Å². The summed E-state index contributed by atoms with van der Waals surface area (Å²) in [5.74, 6) is -1.74. The van der Waals surface area contributed by atoms with Crippen LogP contribution in [-0.4, -0.2) is 33.8 Å². The molecule has 1 aliphatic heterocycles. The van der Waals surface area contributed by atoms with Gasteiger partial charge in [-0.1, -0.05) is 6.07 Å². The Hall–Kier alpha value is -4.40. The summed E-state index contributed by atoms with van der Waals surface area (Å²) in [6.45, 7) is 1.67. The number of carbonyl (C=O) groups is 4. The molecule has 2 N–H and O–H groups in total. The van der Waals surface area contributed by atoms with Crippen LogP contribution in [0.3, 0.4) is 0 Å². The van der Waals surface area contributed by atoms with Gasteiger partial charge in [0.05, 0.1) is 18.4 Å². The highest BCUT2D eigenvalue weighted by atomic mass is 16.4. The first kappa shape index (κ1) is 19.9. The van der Waals surface area contributed by atoms with E-state index < -0.39 is 23.8 Å². The number of imide groups is 2. The Morgan fingerprint density at radius 3 is 2.68 bits per heavy atom. The Labute approximate surface area is 175 Å². The summed E-state index contributed by atoms with van der Waals surface area (Å²) in [6.07, 6.45) is 2.65. The summed E-state index contributed by atoms with van der Waals surface area (Å²) in [6, 6.07) is 10.2. The third-order valence-corrected chi connectivity index (χ3v) is 4.74. The molecule has 3 aromatic rings. The molecule has 0 radical (unpaired) electrons. The quantitative estimate of drug-likeness (QED) is 0.479. The van der Waals surface area contributed by atoms with Crippen molar-refractivity contribution in [1.82, 2.24) is 10.2 Å². The molecule has 0 unspecified atom stereocenters. The fraction of sp³-hybridized carbons (Fsp3) is 0.0909. The molecule has 0 spiro atoms. The lowest BCUT2D eigenvalue weighted by Gasteiger charge is -2.25. The van der Waals surface area contributed by atoms with Gasteiger partial charge in [0.25, 0.3) is 11.8 Å². The van der Waals surface area contributed by atoms with Gasteiger partial charge in [0.15, 0.2) is 0 Å². The monoisotopic (exact) mass is 420 g/mol. The zero-order chi connectivity index (χ0) is 22.1. The Bertz CT molecular complexity index is 1230. The summed E-state index contributed by atoms with van der Waals surface area (Å²) >= 11 is 0. The standard InChI is InChI=1S/C22H16N2O7/c1-12-4-5-13(21(27)28)9-16(12)18-7-6-14(31-18)10-17-19(25)23-22(29)24(20(17)26)11-15-3-2-8-30-15/h2-10H,11H2,1H3,(H,27,28)(H,23,25,29)/b17-10+. The van der Waals surface area contributed by atoms with Crippen LogP contribution in [0.4, 0.5) is 4.79 Å². The van der Waals surface area contributed by atoms with Gasteiger partial charge in [-0.05, 0) is 55.0 Å². The van der Waals surface area contributed by atoms with Crippen molar-refractivity contribution in [1.29, 1.82) is 0 Å². The number of nitrogens with one attached hydrogen (secondary N) is 1. The Morgan fingerprint density at radius 1 is 1.16 bits per heavy atom. The molecule has 4 amide bonds. The predicted octanol–water partition coefficient (Wildman–Crippen LogP) is 3.21. The van der Waals surface area contributed by atoms with E-state index in [9.17, 15) is 24.3 Å². The summed E-state index contributed by atoms with van der Waals surface area (Å²) in [5.41, 5.74) is 1.19. The van der Waals surface area contributed by atoms with Gasteiger partial charge >= 0.3 is 12.0 Å². The smallest absolute Gasteiger partial charge is 0.335 e. The van der Waals surface area contributed by atoms with Crippen LogP contribution in [-0.2, 0) is 16.1 Å². The number of nitrogens with zero attached hydrogens (tertiary/aromatic N) is 1. The number of urea groups is 1. The van der Waals surface area contributed by atoms with Crippen molar-refractivity contribution in [3.05, 3.63) is 76.9 Å². The first-order valence-electron chi connectivity index (χ1n) is 9.19. The second-order valence-electron chi connectivity index (χ2n) is 6.82. The summed E-state index contributed by atoms with van der Waals surface area (Å²) in [7, 11) is 0. The molecule has 3 heterocycles. The van der Waals surface area contributed by atoms with Crippen LogP contribution in [0, 0.1) is 6.92 Å². The molecular weight excluding hydrogens is 404 g/mol. The summed E-state index contributed by atoms with van der Waals surface area (Å²) in [4.78, 5) is 49.2. The number of rotatable bonds is 5. The molecule has 1 aromatic carbocycles. The minimum Gasteiger partial charge on any atom is -0.478 e. The molecule has 1 saturated heterocycles. The molecule has 0 saturated carbocycles. The van der Waals surface area contributed by atoms with Crippen molar-refractivity contribution in [2.24, 2.45) is 0 Å². The van der Waals surface area contributed by atoms with Crippen molar-refractivity contribution in [2.75, 3.05) is 0 Å². The normalized spacial score (nSPS) is 15.5. The number of aromatic carboxylic acids is 1. The lowest BCUT2D eigenvalue weighted by atomic mass is 10.0. The van der Waals surface area contributed by atoms with E-state index in [1.54, 1.807) is 37.3 Å². The average molecular weight is 420 g/mol. The fourth-order valence-corrected chi connectivity index (χ4v) is 3.13. The Morgan fingerprint density at radius 2 is 1.97 bits per heavy atom. The minimum absolute atomic E-state index is 0.103. The number of barbiturate groups is 1. The number of furan rings is 2. The molecular formula is C22H16N2O7. The van der Waals surface area contributed by atoms with Gasteiger partial charge in [0.2, 0.25) is 0 Å². The van der Waals surface area contributed by atoms with Gasteiger partial charge in [-0.3, -0.25) is 19.8 Å². The van der Waals surface area contributed by atoms with Crippen molar-refractivity contribution in [3.63, 3.8) is 0 Å². The first-order valence-corrected chi connectivity index (χ1v) is 9.19. The molecule has 4 rings (SSSR count). The number of benzene rings is 1. The molecule has 0 atom stereocenters. The van der Waals surface area contributed by atoms with Gasteiger partial charge in [0, 0.05) is 5.56 Å². The Kier molecular flexibility index (Phi) is 5.00. The number of hydrogen-bond acceptors (Lipinski definition) is 6. The SMILES string of the molecule is Cc1ccc(C(=O)O)cc1-c1ccc(/C=C2\C(=O)NC(=O)N(Cc3ccco3)C2=O)o1. The highest BCUT2D eigenvalue weighted by Gasteiger charge is 2.36. The van der Waals surface area contributed by atoms with E-state index in [1.165, 1.54) is 24.5 Å². The zero-order valence-corrected chi connectivity index (χ0v) is 16.2. The number of aryl methyl sites for hydroxylation is 1. The second kappa shape index (κ2) is 7.79. The minimum atomic E-state index is -1.07. The van der Waals surface area contributed by atoms with Crippen molar-refractivity contribution < 1.29 is 33.1 Å². The molecule has 1 aliphatic rings. The number of carboxylic acid groups (broad SMARTS) is 1. The molecule has 2 aromatic heterocycles. The van der Waals surface area contributed by atoms with E-state index >= 15 is 0 Å². The first-order chi connectivity index (χ1) is 14.8. The maximum Gasteiger partial charge on any atom is 0.335 e. The Balaban J connectivity index is 1.64. The van der Waals surface area contributed by atoms with Gasteiger partial charge in [-0.15, -0.1) is 0 Å². The van der Waals surface area contributed by atoms with Crippen LogP contribution in [0.25, 0.3) is 17.4 Å². The second-order valence-corrected chi connectivity index (χ2v) is 6.82. The molecule has 0 bridgehead atoms. The number of hydrogen-bond donors (Lipinski definition) is 2. The van der Waals surface area contributed by atoms with Crippen molar-refractivity contribution in [2.45, 2.75) is 13.5 Å². The number of amides is 4. The maximum absolute atomic E-state index is 12.8. The third-order valence-electron chi connectivity index (χ3n) is 4.74. The topological polar surface area (TPSA) is 130 Å². The summed E-state index contributed by atoms with van der Waals surface area (Å²) in [5, 5.41) is 11.3. The molecule has 31 heavy (non-hydrogen) atoms. The zero-order valence-electron chi connectivity index (χ0n) is 16.2. The number of carbonyl (C=O) groups excluding carboxylic acids is 3. The van der Waals surface area contributed by atoms with E-state index in [1.807, 2.05) is 0 Å². The van der Waals surface area contributed by atoms with E-state index in [0.29, 0.717) is 17.1 Å². The molecule has 156 valence electrons. The van der Waals surface area contributed by atoms with Crippen LogP contribution in [0.1, 0.15) is 27.4 Å².